The summed E-state index contributed by atoms with van der Waals surface area (Å²) in [7, 11) is 0. The van der Waals surface area contributed by atoms with Gasteiger partial charge in [-0.25, -0.2) is 0 Å². The molecule has 2 aliphatic heterocycles. The van der Waals surface area contributed by atoms with Crippen LogP contribution in [0.4, 0.5) is 0 Å². The molecule has 0 aliphatic carbocycles. The average molecular weight is 317 g/mol. The third-order valence-corrected chi connectivity index (χ3v) is 4.04. The Bertz CT molecular complexity index is 715. The number of fused-ring (bicyclic) bond motifs is 1. The van der Waals surface area contributed by atoms with E-state index in [9.17, 15) is 19.2 Å². The molecule has 8 heteroatoms. The predicted molar refractivity (Wildman–Crippen MR) is 76.2 cm³/mol. The summed E-state index contributed by atoms with van der Waals surface area (Å²) < 4.78 is 0. The van der Waals surface area contributed by atoms with Gasteiger partial charge in [-0.05, 0) is 18.4 Å². The fraction of sp³-hybridized carbons (Fsp3) is 0.400. The first-order chi connectivity index (χ1) is 11.0. The Balaban J connectivity index is 1.77. The summed E-state index contributed by atoms with van der Waals surface area (Å²) in [6, 6.07) is 1.09. The van der Waals surface area contributed by atoms with Crippen molar-refractivity contribution in [3.05, 3.63) is 29.1 Å². The quantitative estimate of drug-likeness (QED) is 0.747. The lowest BCUT2D eigenvalue weighted by Crippen LogP contribution is -2.52. The second kappa shape index (κ2) is 5.79. The van der Waals surface area contributed by atoms with Crippen molar-refractivity contribution < 1.29 is 24.3 Å². The van der Waals surface area contributed by atoms with Gasteiger partial charge in [0.15, 0.2) is 0 Å². The first-order valence-electron chi connectivity index (χ1n) is 7.30. The van der Waals surface area contributed by atoms with Crippen LogP contribution in [0.2, 0.25) is 0 Å². The number of piperidine rings is 1. The van der Waals surface area contributed by atoms with Crippen LogP contribution in [0.25, 0.3) is 0 Å². The highest BCUT2D eigenvalue weighted by atomic mass is 16.4. The van der Waals surface area contributed by atoms with Gasteiger partial charge in [-0.1, -0.05) is 6.07 Å². The molecular weight excluding hydrogens is 302 g/mol. The Morgan fingerprint density at radius 3 is 2.87 bits per heavy atom. The van der Waals surface area contributed by atoms with E-state index in [1.165, 1.54) is 11.1 Å². The Kier molecular flexibility index (Phi) is 3.81. The van der Waals surface area contributed by atoms with E-state index in [2.05, 4.69) is 10.3 Å². The largest absolute Gasteiger partial charge is 0.481 e. The van der Waals surface area contributed by atoms with Gasteiger partial charge in [0.2, 0.25) is 11.8 Å². The number of hydrogen-bond acceptors (Lipinski definition) is 5. The number of aromatic nitrogens is 1. The molecule has 23 heavy (non-hydrogen) atoms. The highest BCUT2D eigenvalue weighted by Gasteiger charge is 2.39. The lowest BCUT2D eigenvalue weighted by atomic mass is 10.0. The number of aliphatic carboxylic acids is 1. The van der Waals surface area contributed by atoms with Crippen LogP contribution in [0.1, 0.15) is 40.9 Å². The molecule has 2 aliphatic rings. The molecule has 1 aromatic heterocycles. The smallest absolute Gasteiger partial charge is 0.303 e. The zero-order valence-electron chi connectivity index (χ0n) is 12.2. The van der Waals surface area contributed by atoms with Gasteiger partial charge in [-0.3, -0.25) is 29.5 Å². The fourth-order valence-corrected chi connectivity index (χ4v) is 2.88. The van der Waals surface area contributed by atoms with Gasteiger partial charge < -0.3 is 10.0 Å². The van der Waals surface area contributed by atoms with Crippen LogP contribution in [0.3, 0.4) is 0 Å². The first kappa shape index (κ1) is 15.1. The van der Waals surface area contributed by atoms with Crippen molar-refractivity contribution in [3.8, 4) is 0 Å². The normalized spacial score (nSPS) is 20.4. The maximum atomic E-state index is 12.4. The SMILES string of the molecule is O=C(O)CCc1cnc2c(c1)CN(C1CCC(=O)NC1=O)C2=O. The molecular formula is C15H15N3O5. The molecule has 1 saturated heterocycles. The third-order valence-electron chi connectivity index (χ3n) is 4.04. The molecule has 2 N–H and O–H groups in total. The van der Waals surface area contributed by atoms with Crippen LogP contribution in [0.15, 0.2) is 12.3 Å². The number of carboxylic acids is 1. The molecule has 0 bridgehead atoms. The lowest BCUT2D eigenvalue weighted by molar-refractivity contribution is -0.138. The maximum absolute atomic E-state index is 12.4. The van der Waals surface area contributed by atoms with E-state index in [0.29, 0.717) is 18.4 Å². The Morgan fingerprint density at radius 1 is 1.39 bits per heavy atom. The van der Waals surface area contributed by atoms with Gasteiger partial charge >= 0.3 is 5.97 Å². The summed E-state index contributed by atoms with van der Waals surface area (Å²) in [6.45, 7) is 0.244. The zero-order chi connectivity index (χ0) is 16.6. The van der Waals surface area contributed by atoms with Crippen LogP contribution in [0, 0.1) is 0 Å². The number of nitrogens with one attached hydrogen (secondary N) is 1. The van der Waals surface area contributed by atoms with Crippen molar-refractivity contribution in [2.45, 2.75) is 38.3 Å². The van der Waals surface area contributed by atoms with Gasteiger partial charge in [0.1, 0.15) is 11.7 Å². The van der Waals surface area contributed by atoms with E-state index in [-0.39, 0.29) is 36.9 Å². The first-order valence-corrected chi connectivity index (χ1v) is 7.30. The summed E-state index contributed by atoms with van der Waals surface area (Å²) in [6.07, 6.45) is 2.32. The van der Waals surface area contributed by atoms with E-state index in [1.54, 1.807) is 6.07 Å². The number of carboxylic acid groups (broad SMARTS) is 1. The summed E-state index contributed by atoms with van der Waals surface area (Å²) >= 11 is 0. The minimum atomic E-state index is -0.897. The van der Waals surface area contributed by atoms with Crippen molar-refractivity contribution in [1.29, 1.82) is 0 Å². The second-order valence-corrected chi connectivity index (χ2v) is 5.64. The standard InChI is InChI=1S/C15H15N3O5/c19-11-3-2-10(14(22)17-11)18-7-9-5-8(1-4-12(20)21)6-16-13(9)15(18)23/h5-6,10H,1-4,7H2,(H,20,21)(H,17,19,22). The lowest BCUT2D eigenvalue weighted by Gasteiger charge is -2.29. The molecule has 1 fully saturated rings. The molecule has 8 nitrogen and oxygen atoms in total. The molecule has 120 valence electrons. The summed E-state index contributed by atoms with van der Waals surface area (Å²) in [4.78, 5) is 51.7. The van der Waals surface area contributed by atoms with E-state index >= 15 is 0 Å². The number of aryl methyl sites for hydroxylation is 1. The van der Waals surface area contributed by atoms with Gasteiger partial charge in [0.05, 0.1) is 0 Å². The number of nitrogens with zero attached hydrogens (tertiary/aromatic N) is 2. The fourth-order valence-electron chi connectivity index (χ4n) is 2.88. The van der Waals surface area contributed by atoms with Gasteiger partial charge in [0.25, 0.3) is 5.91 Å². The number of rotatable bonds is 4. The number of amides is 3. The number of hydrogen-bond donors (Lipinski definition) is 2. The minimum Gasteiger partial charge on any atom is -0.481 e. The van der Waals surface area contributed by atoms with Crippen molar-refractivity contribution in [2.75, 3.05) is 0 Å². The van der Waals surface area contributed by atoms with E-state index < -0.39 is 17.9 Å². The van der Waals surface area contributed by atoms with Crippen LogP contribution in [-0.2, 0) is 27.3 Å². The van der Waals surface area contributed by atoms with Gasteiger partial charge in [0, 0.05) is 31.1 Å². The number of pyridine rings is 1. The van der Waals surface area contributed by atoms with E-state index in [4.69, 9.17) is 5.11 Å². The Morgan fingerprint density at radius 2 is 2.17 bits per heavy atom. The molecule has 1 atom stereocenters. The van der Waals surface area contributed by atoms with Crippen molar-refractivity contribution in [1.82, 2.24) is 15.2 Å². The molecule has 1 unspecified atom stereocenters. The summed E-state index contributed by atoms with van der Waals surface area (Å²) in [5, 5.41) is 11.0. The highest BCUT2D eigenvalue weighted by Crippen LogP contribution is 2.26. The third kappa shape index (κ3) is 2.92. The van der Waals surface area contributed by atoms with Gasteiger partial charge in [-0.15, -0.1) is 0 Å². The average Bonchev–Trinajstić information content (AvgIpc) is 2.82. The van der Waals surface area contributed by atoms with Crippen LogP contribution >= 0.6 is 0 Å². The molecule has 0 saturated carbocycles. The number of imide groups is 1. The zero-order valence-corrected chi connectivity index (χ0v) is 12.2. The topological polar surface area (TPSA) is 117 Å². The predicted octanol–water partition coefficient (Wildman–Crippen LogP) is -0.140. The molecule has 0 radical (unpaired) electrons. The van der Waals surface area contributed by atoms with Crippen LogP contribution in [0.5, 0.6) is 0 Å². The maximum Gasteiger partial charge on any atom is 0.303 e. The van der Waals surface area contributed by atoms with Crippen molar-refractivity contribution >= 4 is 23.7 Å². The minimum absolute atomic E-state index is 0.00866. The van der Waals surface area contributed by atoms with Crippen LogP contribution in [-0.4, -0.2) is 44.7 Å². The molecule has 3 rings (SSSR count). The van der Waals surface area contributed by atoms with Crippen LogP contribution < -0.4 is 5.32 Å². The van der Waals surface area contributed by atoms with E-state index in [1.807, 2.05) is 0 Å². The molecule has 3 amide bonds. The number of carbonyl (C=O) groups is 4. The summed E-state index contributed by atoms with van der Waals surface area (Å²) in [5.74, 6) is -2.02. The van der Waals surface area contributed by atoms with Gasteiger partial charge in [-0.2, -0.15) is 0 Å². The second-order valence-electron chi connectivity index (χ2n) is 5.64. The Labute approximate surface area is 131 Å². The monoisotopic (exact) mass is 317 g/mol. The van der Waals surface area contributed by atoms with Crippen molar-refractivity contribution in [2.24, 2.45) is 0 Å². The summed E-state index contributed by atoms with van der Waals surface area (Å²) in [5.41, 5.74) is 1.71. The number of carbonyl (C=O) groups excluding carboxylic acids is 3. The molecule has 1 aromatic rings. The van der Waals surface area contributed by atoms with E-state index in [0.717, 1.165) is 5.56 Å². The van der Waals surface area contributed by atoms with Crippen molar-refractivity contribution in [3.63, 3.8) is 0 Å². The molecule has 0 aromatic carbocycles. The molecule has 0 spiro atoms. The molecule has 3 heterocycles. The highest BCUT2D eigenvalue weighted by molar-refractivity contribution is 6.04. The Hall–Kier alpha value is -2.77.